The molecule has 1 aliphatic heterocycles. The second kappa shape index (κ2) is 10.8. The zero-order chi connectivity index (χ0) is 24.2. The van der Waals surface area contributed by atoms with E-state index in [4.69, 9.17) is 23.2 Å². The van der Waals surface area contributed by atoms with Crippen LogP contribution in [0, 0.1) is 6.92 Å². The lowest BCUT2D eigenvalue weighted by Crippen LogP contribution is -2.32. The number of anilines is 1. The van der Waals surface area contributed by atoms with E-state index in [1.165, 1.54) is 11.8 Å². The first-order valence-corrected chi connectivity index (χ1v) is 12.8. The summed E-state index contributed by atoms with van der Waals surface area (Å²) in [5, 5.41) is 13.3. The van der Waals surface area contributed by atoms with Gasteiger partial charge in [0, 0.05) is 23.8 Å². The predicted octanol–water partition coefficient (Wildman–Crippen LogP) is 5.62. The van der Waals surface area contributed by atoms with Crippen LogP contribution < -0.4 is 5.32 Å². The van der Waals surface area contributed by atoms with E-state index in [1.54, 1.807) is 24.3 Å². The van der Waals surface area contributed by atoms with Crippen LogP contribution in [0.1, 0.15) is 47.6 Å². The number of aromatic nitrogens is 3. The second-order valence-electron chi connectivity index (χ2n) is 8.02. The molecule has 0 bridgehead atoms. The van der Waals surface area contributed by atoms with Crippen LogP contribution in [-0.2, 0) is 11.3 Å². The molecule has 4 rings (SSSR count). The lowest BCUT2D eigenvalue weighted by atomic mass is 10.1. The Morgan fingerprint density at radius 1 is 1.15 bits per heavy atom. The molecule has 0 spiro atoms. The Bertz CT molecular complexity index is 1220. The molecule has 1 aliphatic rings. The van der Waals surface area contributed by atoms with Crippen LogP contribution in [0.25, 0.3) is 0 Å². The van der Waals surface area contributed by atoms with Gasteiger partial charge in [-0.1, -0.05) is 53.2 Å². The number of benzene rings is 2. The molecule has 7 nitrogen and oxygen atoms in total. The maximum absolute atomic E-state index is 13.2. The maximum atomic E-state index is 13.2. The van der Waals surface area contributed by atoms with Gasteiger partial charge < -0.3 is 14.8 Å². The van der Waals surface area contributed by atoms with Gasteiger partial charge in [0.1, 0.15) is 0 Å². The number of thioether (sulfide) groups is 1. The Kier molecular flexibility index (Phi) is 7.80. The fourth-order valence-corrected chi connectivity index (χ4v) is 5.22. The molecule has 2 amide bonds. The normalized spacial score (nSPS) is 15.5. The summed E-state index contributed by atoms with van der Waals surface area (Å²) in [6.07, 6.45) is 1.68. The smallest absolute Gasteiger partial charge is 0.255 e. The van der Waals surface area contributed by atoms with Crippen LogP contribution in [0.15, 0.2) is 47.6 Å². The van der Waals surface area contributed by atoms with Crippen molar-refractivity contribution in [2.45, 2.75) is 44.4 Å². The van der Waals surface area contributed by atoms with Gasteiger partial charge in [-0.25, -0.2) is 0 Å². The van der Waals surface area contributed by atoms with Crippen molar-refractivity contribution in [2.75, 3.05) is 17.6 Å². The highest BCUT2D eigenvalue weighted by Gasteiger charge is 2.35. The first kappa shape index (κ1) is 24.6. The van der Waals surface area contributed by atoms with E-state index in [9.17, 15) is 9.59 Å². The molecule has 0 saturated carbocycles. The van der Waals surface area contributed by atoms with Gasteiger partial charge in [0.05, 0.1) is 22.4 Å². The molecule has 10 heteroatoms. The van der Waals surface area contributed by atoms with E-state index in [-0.39, 0.29) is 23.6 Å². The molecular formula is C24H25Cl2N5O2S. The third-order valence-corrected chi connectivity index (χ3v) is 7.47. The molecule has 1 aromatic heterocycles. The van der Waals surface area contributed by atoms with Gasteiger partial charge in [-0.2, -0.15) is 0 Å². The van der Waals surface area contributed by atoms with E-state index in [0.29, 0.717) is 39.5 Å². The predicted molar refractivity (Wildman–Crippen MR) is 136 cm³/mol. The topological polar surface area (TPSA) is 80.1 Å². The van der Waals surface area contributed by atoms with Crippen LogP contribution in [-0.4, -0.2) is 43.8 Å². The summed E-state index contributed by atoms with van der Waals surface area (Å²) in [6.45, 7) is 5.17. The van der Waals surface area contributed by atoms with Crippen LogP contribution in [0.2, 0.25) is 10.0 Å². The van der Waals surface area contributed by atoms with Crippen molar-refractivity contribution in [1.82, 2.24) is 19.7 Å². The zero-order valence-corrected chi connectivity index (χ0v) is 21.3. The summed E-state index contributed by atoms with van der Waals surface area (Å²) in [5.74, 6) is 0.641. The number of carbonyl (C=O) groups excluding carboxylic acids is 2. The number of carbonyl (C=O) groups is 2. The number of hydrogen-bond acceptors (Lipinski definition) is 5. The number of nitrogens with zero attached hydrogens (tertiary/aromatic N) is 4. The van der Waals surface area contributed by atoms with E-state index in [1.807, 2.05) is 41.5 Å². The van der Waals surface area contributed by atoms with Gasteiger partial charge in [0.25, 0.3) is 5.91 Å². The largest absolute Gasteiger partial charge is 0.328 e. The van der Waals surface area contributed by atoms with Crippen LogP contribution in [0.3, 0.4) is 0 Å². The maximum Gasteiger partial charge on any atom is 0.255 e. The summed E-state index contributed by atoms with van der Waals surface area (Å²) in [4.78, 5) is 27.5. The van der Waals surface area contributed by atoms with Crippen molar-refractivity contribution in [3.8, 4) is 0 Å². The number of amides is 2. The molecule has 0 radical (unpaired) electrons. The van der Waals surface area contributed by atoms with Gasteiger partial charge in [-0.15, -0.1) is 10.2 Å². The molecular weight excluding hydrogens is 493 g/mol. The minimum Gasteiger partial charge on any atom is -0.328 e. The molecule has 1 unspecified atom stereocenters. The van der Waals surface area contributed by atoms with Gasteiger partial charge in [0.2, 0.25) is 5.91 Å². The van der Waals surface area contributed by atoms with Gasteiger partial charge in [-0.05, 0) is 56.5 Å². The first-order chi connectivity index (χ1) is 16.4. The Hall–Kier alpha value is -2.55. The molecule has 1 fully saturated rings. The van der Waals surface area contributed by atoms with Crippen molar-refractivity contribution in [3.63, 3.8) is 0 Å². The third kappa shape index (κ3) is 5.24. The highest BCUT2D eigenvalue weighted by molar-refractivity contribution is 7.99. The Morgan fingerprint density at radius 2 is 1.94 bits per heavy atom. The second-order valence-corrected chi connectivity index (χ2v) is 9.78. The van der Waals surface area contributed by atoms with E-state index in [2.05, 4.69) is 15.5 Å². The number of rotatable bonds is 7. The number of halogens is 2. The quantitative estimate of drug-likeness (QED) is 0.411. The Morgan fingerprint density at radius 3 is 2.68 bits per heavy atom. The average Bonchev–Trinajstić information content (AvgIpc) is 3.46. The molecule has 1 saturated heterocycles. The zero-order valence-electron chi connectivity index (χ0n) is 18.9. The van der Waals surface area contributed by atoms with Gasteiger partial charge >= 0.3 is 0 Å². The molecule has 2 heterocycles. The molecule has 1 N–H and O–H groups in total. The molecule has 34 heavy (non-hydrogen) atoms. The SMILES string of the molecule is CCn1c(SCC(=O)Nc2ccc(C)c(Cl)c2)nnc1C1CCCN1C(=O)c1ccccc1Cl. The Balaban J connectivity index is 1.46. The minimum absolute atomic E-state index is 0.107. The van der Waals surface area contributed by atoms with Crippen molar-refractivity contribution < 1.29 is 9.59 Å². The lowest BCUT2D eigenvalue weighted by Gasteiger charge is -2.25. The summed E-state index contributed by atoms with van der Waals surface area (Å²) in [7, 11) is 0. The fourth-order valence-electron chi connectivity index (χ4n) is 4.02. The molecule has 1 atom stereocenters. The van der Waals surface area contributed by atoms with E-state index in [0.717, 1.165) is 24.2 Å². The van der Waals surface area contributed by atoms with Crippen molar-refractivity contribution in [1.29, 1.82) is 0 Å². The van der Waals surface area contributed by atoms with Crippen LogP contribution in [0.4, 0.5) is 5.69 Å². The monoisotopic (exact) mass is 517 g/mol. The summed E-state index contributed by atoms with van der Waals surface area (Å²) in [5.41, 5.74) is 2.09. The lowest BCUT2D eigenvalue weighted by molar-refractivity contribution is -0.113. The average molecular weight is 518 g/mol. The highest BCUT2D eigenvalue weighted by Crippen LogP contribution is 2.34. The standard InChI is InChI=1S/C24H25Cl2N5O2S/c1-3-30-22(20-9-6-12-31(20)23(33)17-7-4-5-8-18(17)25)28-29-24(30)34-14-21(32)27-16-11-10-15(2)19(26)13-16/h4-5,7-8,10-11,13,20H,3,6,9,12,14H2,1-2H3,(H,27,32). The molecule has 3 aromatic rings. The number of hydrogen-bond donors (Lipinski definition) is 1. The van der Waals surface area contributed by atoms with E-state index >= 15 is 0 Å². The Labute approximate surface area is 212 Å². The number of aryl methyl sites for hydroxylation is 1. The summed E-state index contributed by atoms with van der Waals surface area (Å²) < 4.78 is 1.98. The van der Waals surface area contributed by atoms with Crippen LogP contribution in [0.5, 0.6) is 0 Å². The third-order valence-electron chi connectivity index (χ3n) is 5.77. The summed E-state index contributed by atoms with van der Waals surface area (Å²) in [6, 6.07) is 12.3. The van der Waals surface area contributed by atoms with Crippen LogP contribution >= 0.6 is 35.0 Å². The van der Waals surface area contributed by atoms with E-state index < -0.39 is 0 Å². The summed E-state index contributed by atoms with van der Waals surface area (Å²) >= 11 is 13.7. The highest BCUT2D eigenvalue weighted by atomic mass is 35.5. The van der Waals surface area contributed by atoms with Crippen molar-refractivity contribution >= 4 is 52.5 Å². The van der Waals surface area contributed by atoms with Crippen molar-refractivity contribution in [3.05, 3.63) is 69.5 Å². The minimum atomic E-state index is -0.186. The molecule has 2 aromatic carbocycles. The number of nitrogens with one attached hydrogen (secondary N) is 1. The number of likely N-dealkylation sites (tertiary alicyclic amines) is 1. The first-order valence-electron chi connectivity index (χ1n) is 11.1. The van der Waals surface area contributed by atoms with Crippen molar-refractivity contribution in [2.24, 2.45) is 0 Å². The molecule has 178 valence electrons. The molecule has 0 aliphatic carbocycles. The van der Waals surface area contributed by atoms with Gasteiger partial charge in [0.15, 0.2) is 11.0 Å². The van der Waals surface area contributed by atoms with Gasteiger partial charge in [-0.3, -0.25) is 9.59 Å². The fraction of sp³-hybridized carbons (Fsp3) is 0.333.